The molecule has 9 nitrogen and oxygen atoms in total. The van der Waals surface area contributed by atoms with Crippen LogP contribution in [-0.2, 0) is 14.3 Å². The van der Waals surface area contributed by atoms with Gasteiger partial charge in [-0.1, -0.05) is 17.7 Å². The van der Waals surface area contributed by atoms with E-state index in [4.69, 9.17) is 10.5 Å². The Labute approximate surface area is 174 Å². The second-order valence-corrected chi connectivity index (χ2v) is 6.74. The zero-order valence-corrected chi connectivity index (χ0v) is 17.0. The van der Waals surface area contributed by atoms with Crippen molar-refractivity contribution >= 4 is 35.2 Å². The number of primary amides is 1. The standard InChI is InChI=1S/C21H24N4O5/c1-12-8-13(2)19(14(3)9-12)25-17(26)10-23-18(27)11-30-20(28)15-4-6-16(7-5-15)24-21(22)29/h4-9H,10-11H2,1-3H3,(H,23,27)(H,25,26)(H3,22,24,29). The SMILES string of the molecule is Cc1cc(C)c(NC(=O)CNC(=O)COC(=O)c2ccc(NC(N)=O)cc2)c(C)c1. The third kappa shape index (κ3) is 6.62. The van der Waals surface area contributed by atoms with Crippen LogP contribution in [0.3, 0.4) is 0 Å². The van der Waals surface area contributed by atoms with E-state index in [0.717, 1.165) is 16.7 Å². The lowest BCUT2D eigenvalue weighted by molar-refractivity contribution is -0.126. The lowest BCUT2D eigenvalue weighted by Gasteiger charge is -2.13. The normalized spacial score (nSPS) is 10.1. The molecule has 2 aromatic carbocycles. The number of benzene rings is 2. The number of ether oxygens (including phenoxy) is 1. The lowest BCUT2D eigenvalue weighted by atomic mass is 10.1. The van der Waals surface area contributed by atoms with Gasteiger partial charge in [0, 0.05) is 11.4 Å². The molecule has 0 atom stereocenters. The molecular formula is C21H24N4O5. The lowest BCUT2D eigenvalue weighted by Crippen LogP contribution is -2.35. The molecule has 0 aliphatic rings. The highest BCUT2D eigenvalue weighted by Gasteiger charge is 2.13. The Morgan fingerprint density at radius 2 is 1.50 bits per heavy atom. The van der Waals surface area contributed by atoms with Gasteiger partial charge in [-0.2, -0.15) is 0 Å². The van der Waals surface area contributed by atoms with Crippen molar-refractivity contribution < 1.29 is 23.9 Å². The van der Waals surface area contributed by atoms with Crippen molar-refractivity contribution in [3.63, 3.8) is 0 Å². The number of hydrogen-bond acceptors (Lipinski definition) is 5. The van der Waals surface area contributed by atoms with E-state index in [2.05, 4.69) is 16.0 Å². The molecule has 0 saturated carbocycles. The van der Waals surface area contributed by atoms with Crippen LogP contribution in [0, 0.1) is 20.8 Å². The number of carbonyl (C=O) groups is 4. The predicted octanol–water partition coefficient (Wildman–Crippen LogP) is 2.01. The molecule has 0 saturated heterocycles. The summed E-state index contributed by atoms with van der Waals surface area (Å²) in [6, 6.07) is 8.98. The smallest absolute Gasteiger partial charge is 0.338 e. The summed E-state index contributed by atoms with van der Waals surface area (Å²) >= 11 is 0. The summed E-state index contributed by atoms with van der Waals surface area (Å²) < 4.78 is 4.92. The highest BCUT2D eigenvalue weighted by molar-refractivity contribution is 5.96. The zero-order valence-electron chi connectivity index (χ0n) is 17.0. The molecule has 0 bridgehead atoms. The van der Waals surface area contributed by atoms with Gasteiger partial charge in [0.1, 0.15) is 0 Å². The van der Waals surface area contributed by atoms with E-state index < -0.39 is 24.5 Å². The van der Waals surface area contributed by atoms with Gasteiger partial charge in [-0.05, 0) is 56.2 Å². The molecule has 0 fully saturated rings. The molecule has 0 radical (unpaired) electrons. The number of nitrogens with one attached hydrogen (secondary N) is 3. The average molecular weight is 412 g/mol. The first-order chi connectivity index (χ1) is 14.2. The van der Waals surface area contributed by atoms with Gasteiger partial charge in [0.2, 0.25) is 5.91 Å². The number of rotatable bonds is 7. The van der Waals surface area contributed by atoms with Gasteiger partial charge in [-0.15, -0.1) is 0 Å². The number of urea groups is 1. The maximum Gasteiger partial charge on any atom is 0.338 e. The predicted molar refractivity (Wildman–Crippen MR) is 112 cm³/mol. The van der Waals surface area contributed by atoms with Crippen molar-refractivity contribution in [1.29, 1.82) is 0 Å². The Morgan fingerprint density at radius 1 is 0.900 bits per heavy atom. The van der Waals surface area contributed by atoms with Crippen LogP contribution in [0.1, 0.15) is 27.0 Å². The molecule has 9 heteroatoms. The summed E-state index contributed by atoms with van der Waals surface area (Å²) in [5.74, 6) is -1.71. The second-order valence-electron chi connectivity index (χ2n) is 6.74. The van der Waals surface area contributed by atoms with Gasteiger partial charge in [-0.25, -0.2) is 9.59 Å². The highest BCUT2D eigenvalue weighted by Crippen LogP contribution is 2.21. The third-order valence-electron chi connectivity index (χ3n) is 4.11. The molecule has 4 amide bonds. The molecule has 0 aliphatic heterocycles. The Hall–Kier alpha value is -3.88. The minimum absolute atomic E-state index is 0.195. The second kappa shape index (κ2) is 10.1. The van der Waals surface area contributed by atoms with Crippen molar-refractivity contribution in [1.82, 2.24) is 5.32 Å². The Kier molecular flexibility index (Phi) is 7.51. The van der Waals surface area contributed by atoms with Gasteiger partial charge in [0.25, 0.3) is 5.91 Å². The van der Waals surface area contributed by atoms with Crippen LogP contribution in [0.2, 0.25) is 0 Å². The Morgan fingerprint density at radius 3 is 2.07 bits per heavy atom. The van der Waals surface area contributed by atoms with Gasteiger partial charge < -0.3 is 26.4 Å². The van der Waals surface area contributed by atoms with Crippen LogP contribution in [0.25, 0.3) is 0 Å². The number of esters is 1. The van der Waals surface area contributed by atoms with Crippen LogP contribution >= 0.6 is 0 Å². The average Bonchev–Trinajstić information content (AvgIpc) is 2.67. The summed E-state index contributed by atoms with van der Waals surface area (Å²) in [7, 11) is 0. The van der Waals surface area contributed by atoms with E-state index in [1.165, 1.54) is 24.3 Å². The number of nitrogens with two attached hydrogens (primary N) is 1. The summed E-state index contributed by atoms with van der Waals surface area (Å²) in [6.07, 6.45) is 0. The van der Waals surface area contributed by atoms with Gasteiger partial charge >= 0.3 is 12.0 Å². The molecular weight excluding hydrogens is 388 g/mol. The van der Waals surface area contributed by atoms with E-state index in [9.17, 15) is 19.2 Å². The van der Waals surface area contributed by atoms with Crippen LogP contribution in [-0.4, -0.2) is 37.0 Å². The van der Waals surface area contributed by atoms with Crippen molar-refractivity contribution in [2.75, 3.05) is 23.8 Å². The minimum atomic E-state index is -0.723. The maximum atomic E-state index is 12.1. The maximum absolute atomic E-state index is 12.1. The topological polar surface area (TPSA) is 140 Å². The van der Waals surface area contributed by atoms with Crippen LogP contribution in [0.5, 0.6) is 0 Å². The third-order valence-corrected chi connectivity index (χ3v) is 4.11. The number of aryl methyl sites for hydroxylation is 3. The van der Waals surface area contributed by atoms with Crippen molar-refractivity contribution in [3.05, 3.63) is 58.7 Å². The molecule has 30 heavy (non-hydrogen) atoms. The van der Waals surface area contributed by atoms with Gasteiger partial charge in [0.05, 0.1) is 12.1 Å². The zero-order chi connectivity index (χ0) is 22.3. The summed E-state index contributed by atoms with van der Waals surface area (Å²) in [6.45, 7) is 4.97. The number of amides is 4. The van der Waals surface area contributed by atoms with E-state index in [-0.39, 0.29) is 18.0 Å². The molecule has 0 heterocycles. The van der Waals surface area contributed by atoms with Crippen LogP contribution in [0.15, 0.2) is 36.4 Å². The fourth-order valence-electron chi connectivity index (χ4n) is 2.84. The first kappa shape index (κ1) is 22.4. The van der Waals surface area contributed by atoms with E-state index >= 15 is 0 Å². The number of hydrogen-bond donors (Lipinski definition) is 4. The largest absolute Gasteiger partial charge is 0.452 e. The number of anilines is 2. The van der Waals surface area contributed by atoms with Crippen LogP contribution in [0.4, 0.5) is 16.2 Å². The first-order valence-electron chi connectivity index (χ1n) is 9.13. The Balaban J connectivity index is 1.78. The van der Waals surface area contributed by atoms with Gasteiger partial charge in [0.15, 0.2) is 6.61 Å². The first-order valence-corrected chi connectivity index (χ1v) is 9.13. The molecule has 5 N–H and O–H groups in total. The summed E-state index contributed by atoms with van der Waals surface area (Å²) in [5.41, 5.74) is 9.28. The summed E-state index contributed by atoms with van der Waals surface area (Å²) in [4.78, 5) is 46.7. The van der Waals surface area contributed by atoms with E-state index in [1.54, 1.807) is 0 Å². The monoisotopic (exact) mass is 412 g/mol. The van der Waals surface area contributed by atoms with Crippen molar-refractivity contribution in [2.24, 2.45) is 5.73 Å². The molecule has 0 aromatic heterocycles. The van der Waals surface area contributed by atoms with E-state index in [1.807, 2.05) is 32.9 Å². The van der Waals surface area contributed by atoms with Crippen LogP contribution < -0.4 is 21.7 Å². The molecule has 0 aliphatic carbocycles. The minimum Gasteiger partial charge on any atom is -0.452 e. The molecule has 0 unspecified atom stereocenters. The fourth-order valence-corrected chi connectivity index (χ4v) is 2.84. The highest BCUT2D eigenvalue weighted by atomic mass is 16.5. The van der Waals surface area contributed by atoms with Crippen molar-refractivity contribution in [2.45, 2.75) is 20.8 Å². The molecule has 158 valence electrons. The Bertz CT molecular complexity index is 947. The van der Waals surface area contributed by atoms with Gasteiger partial charge in [-0.3, -0.25) is 9.59 Å². The van der Waals surface area contributed by atoms with Crippen molar-refractivity contribution in [3.8, 4) is 0 Å². The molecule has 2 aromatic rings. The molecule has 2 rings (SSSR count). The summed E-state index contributed by atoms with van der Waals surface area (Å²) in [5, 5.41) is 7.53. The van der Waals surface area contributed by atoms with E-state index in [0.29, 0.717) is 11.4 Å². The fraction of sp³-hybridized carbons (Fsp3) is 0.238. The molecule has 0 spiro atoms. The quantitative estimate of drug-likeness (QED) is 0.515. The number of carbonyl (C=O) groups excluding carboxylic acids is 4.